The number of alkyl halides is 3. The highest BCUT2D eigenvalue weighted by atomic mass is 19.4. The van der Waals surface area contributed by atoms with E-state index in [1.54, 1.807) is 19.1 Å². The number of benzene rings is 2. The van der Waals surface area contributed by atoms with E-state index in [-0.39, 0.29) is 28.8 Å². The van der Waals surface area contributed by atoms with Crippen LogP contribution in [0.1, 0.15) is 21.6 Å². The van der Waals surface area contributed by atoms with Gasteiger partial charge < -0.3 is 30.5 Å². The number of halogens is 3. The number of aryl methyl sites for hydroxylation is 1. The second-order valence-corrected chi connectivity index (χ2v) is 7.90. The third kappa shape index (κ3) is 6.91. The maximum atomic E-state index is 13.9. The number of anilines is 4. The van der Waals surface area contributed by atoms with Gasteiger partial charge in [-0.3, -0.25) is 5.10 Å². The lowest BCUT2D eigenvalue weighted by Gasteiger charge is -2.15. The minimum Gasteiger partial charge on any atom is -0.480 e. The lowest BCUT2D eigenvalue weighted by molar-refractivity contribution is -0.138. The number of carboxylic acids is 1. The van der Waals surface area contributed by atoms with Crippen LogP contribution >= 0.6 is 0 Å². The number of carbonyl (C=O) groups excluding carboxylic acids is 1. The standard InChI is InChI=1S/C24H20F3N7O5/c1-12-9-18(31-19-11-20(38-2)34-33-19)32-23(28-12)39-17-8-7-15(10-16(17)24(25,26)27)30-22(37)29-14-5-3-13(4-6-14)21(35)36/h3-11H,1-2H3,(H,35,36)(H2,29,30,37)(H2,28,31,32,33,34). The van der Waals surface area contributed by atoms with Crippen LogP contribution in [0.15, 0.2) is 54.6 Å². The van der Waals surface area contributed by atoms with E-state index in [0.29, 0.717) is 23.5 Å². The predicted octanol–water partition coefficient (Wildman–Crippen LogP) is 5.41. The van der Waals surface area contributed by atoms with Crippen LogP contribution in [0.4, 0.5) is 41.0 Å². The van der Waals surface area contributed by atoms with Gasteiger partial charge in [0.15, 0.2) is 0 Å². The summed E-state index contributed by atoms with van der Waals surface area (Å²) in [7, 11) is 1.44. The second kappa shape index (κ2) is 11.0. The van der Waals surface area contributed by atoms with Crippen molar-refractivity contribution in [2.45, 2.75) is 13.1 Å². The summed E-state index contributed by atoms with van der Waals surface area (Å²) >= 11 is 0. The molecule has 4 rings (SSSR count). The zero-order chi connectivity index (χ0) is 28.2. The number of methoxy groups -OCH3 is 1. The lowest BCUT2D eigenvalue weighted by Crippen LogP contribution is -2.20. The van der Waals surface area contributed by atoms with E-state index < -0.39 is 29.5 Å². The van der Waals surface area contributed by atoms with Crippen LogP contribution in [0, 0.1) is 6.92 Å². The van der Waals surface area contributed by atoms with Gasteiger partial charge in [-0.05, 0) is 49.4 Å². The van der Waals surface area contributed by atoms with Crippen molar-refractivity contribution in [3.8, 4) is 17.6 Å². The molecule has 2 aromatic carbocycles. The molecule has 0 aliphatic carbocycles. The van der Waals surface area contributed by atoms with Gasteiger partial charge in [0, 0.05) is 29.2 Å². The van der Waals surface area contributed by atoms with E-state index in [1.807, 2.05) is 0 Å². The molecule has 0 aliphatic heterocycles. The van der Waals surface area contributed by atoms with E-state index in [9.17, 15) is 22.8 Å². The number of ether oxygens (including phenoxy) is 2. The van der Waals surface area contributed by atoms with E-state index in [0.717, 1.165) is 6.07 Å². The fourth-order valence-electron chi connectivity index (χ4n) is 3.27. The number of hydrogen-bond acceptors (Lipinski definition) is 8. The van der Waals surface area contributed by atoms with Crippen molar-refractivity contribution >= 4 is 35.0 Å². The summed E-state index contributed by atoms with van der Waals surface area (Å²) in [6.45, 7) is 1.61. The fraction of sp³-hybridized carbons (Fsp3) is 0.125. The molecule has 4 aromatic rings. The summed E-state index contributed by atoms with van der Waals surface area (Å²) in [5.41, 5.74) is -0.690. The molecule has 0 unspecified atom stereocenters. The molecule has 0 fully saturated rings. The number of nitrogens with one attached hydrogen (secondary N) is 4. The van der Waals surface area contributed by atoms with Crippen LogP contribution in [-0.4, -0.2) is 44.4 Å². The minimum absolute atomic E-state index is 0.00777. The highest BCUT2D eigenvalue weighted by molar-refractivity contribution is 6.00. The third-order valence-electron chi connectivity index (χ3n) is 4.99. The summed E-state index contributed by atoms with van der Waals surface area (Å²) in [4.78, 5) is 31.4. The van der Waals surface area contributed by atoms with Crippen molar-refractivity contribution in [1.29, 1.82) is 0 Å². The first kappa shape index (κ1) is 26.7. The molecule has 15 heteroatoms. The Labute approximate surface area is 218 Å². The number of rotatable bonds is 8. The first-order valence-electron chi connectivity index (χ1n) is 11.0. The van der Waals surface area contributed by atoms with Gasteiger partial charge in [0.25, 0.3) is 0 Å². The van der Waals surface area contributed by atoms with Gasteiger partial charge in [-0.1, -0.05) is 0 Å². The molecule has 5 N–H and O–H groups in total. The zero-order valence-corrected chi connectivity index (χ0v) is 20.3. The van der Waals surface area contributed by atoms with E-state index in [4.69, 9.17) is 14.6 Å². The summed E-state index contributed by atoms with van der Waals surface area (Å²) in [6.07, 6.45) is -4.84. The molecule has 0 radical (unpaired) electrons. The normalized spacial score (nSPS) is 11.0. The van der Waals surface area contributed by atoms with Gasteiger partial charge >= 0.3 is 24.2 Å². The van der Waals surface area contributed by atoms with Crippen molar-refractivity contribution < 1.29 is 37.3 Å². The molecule has 12 nitrogen and oxygen atoms in total. The average molecular weight is 543 g/mol. The Morgan fingerprint density at radius 1 is 0.974 bits per heavy atom. The molecule has 0 saturated carbocycles. The predicted molar refractivity (Wildman–Crippen MR) is 133 cm³/mol. The van der Waals surface area contributed by atoms with Crippen molar-refractivity contribution in [2.75, 3.05) is 23.1 Å². The van der Waals surface area contributed by atoms with Gasteiger partial charge in [-0.15, -0.1) is 5.10 Å². The van der Waals surface area contributed by atoms with Gasteiger partial charge in [-0.2, -0.15) is 18.2 Å². The molecule has 2 amide bonds. The minimum atomic E-state index is -4.84. The van der Waals surface area contributed by atoms with Crippen molar-refractivity contribution in [1.82, 2.24) is 20.2 Å². The molecular formula is C24H20F3N7O5. The number of aromatic nitrogens is 4. The average Bonchev–Trinajstić information content (AvgIpc) is 3.31. The fourth-order valence-corrected chi connectivity index (χ4v) is 3.27. The highest BCUT2D eigenvalue weighted by Gasteiger charge is 2.35. The summed E-state index contributed by atoms with van der Waals surface area (Å²) in [6, 6.07) is 10.1. The number of carbonyl (C=O) groups is 2. The Kier molecular flexibility index (Phi) is 7.51. The zero-order valence-electron chi connectivity index (χ0n) is 20.3. The van der Waals surface area contributed by atoms with E-state index in [1.165, 1.54) is 37.4 Å². The largest absolute Gasteiger partial charge is 0.480 e. The Balaban J connectivity index is 1.51. The number of aromatic carboxylic acids is 1. The van der Waals surface area contributed by atoms with Crippen molar-refractivity contribution in [2.24, 2.45) is 0 Å². The number of aromatic amines is 1. The summed E-state index contributed by atoms with van der Waals surface area (Å²) < 4.78 is 52.0. The van der Waals surface area contributed by atoms with Gasteiger partial charge in [0.1, 0.15) is 22.9 Å². The van der Waals surface area contributed by atoms with E-state index >= 15 is 0 Å². The van der Waals surface area contributed by atoms with Crippen LogP contribution in [0.25, 0.3) is 0 Å². The Bertz CT molecular complexity index is 1510. The topological polar surface area (TPSA) is 163 Å². The molecule has 39 heavy (non-hydrogen) atoms. The third-order valence-corrected chi connectivity index (χ3v) is 4.99. The smallest absolute Gasteiger partial charge is 0.420 e. The number of H-pyrrole nitrogens is 1. The van der Waals surface area contributed by atoms with Crippen LogP contribution in [0.2, 0.25) is 0 Å². The van der Waals surface area contributed by atoms with Crippen molar-refractivity contribution in [3.05, 3.63) is 71.4 Å². The lowest BCUT2D eigenvalue weighted by atomic mass is 10.1. The Morgan fingerprint density at radius 2 is 1.67 bits per heavy atom. The number of amides is 2. The molecule has 2 aromatic heterocycles. The quantitative estimate of drug-likeness (QED) is 0.195. The highest BCUT2D eigenvalue weighted by Crippen LogP contribution is 2.39. The van der Waals surface area contributed by atoms with Crippen LogP contribution in [0.3, 0.4) is 0 Å². The van der Waals surface area contributed by atoms with Gasteiger partial charge in [0.05, 0.1) is 12.7 Å². The molecule has 0 saturated heterocycles. The van der Waals surface area contributed by atoms with Crippen LogP contribution in [-0.2, 0) is 6.18 Å². The molecule has 0 bridgehead atoms. The molecule has 0 aliphatic rings. The number of nitrogens with zero attached hydrogens (tertiary/aromatic N) is 3. The van der Waals surface area contributed by atoms with Crippen LogP contribution in [0.5, 0.6) is 17.6 Å². The van der Waals surface area contributed by atoms with Crippen molar-refractivity contribution in [3.63, 3.8) is 0 Å². The van der Waals surface area contributed by atoms with Crippen LogP contribution < -0.4 is 25.4 Å². The Hall–Kier alpha value is -5.34. The molecular weight excluding hydrogens is 523 g/mol. The molecule has 0 spiro atoms. The van der Waals surface area contributed by atoms with Gasteiger partial charge in [0.2, 0.25) is 5.88 Å². The SMILES string of the molecule is COc1cc(Nc2cc(C)nc(Oc3ccc(NC(=O)Nc4ccc(C(=O)O)cc4)cc3C(F)(F)F)n2)[nH]n1. The van der Waals surface area contributed by atoms with E-state index in [2.05, 4.69) is 36.1 Å². The first-order chi connectivity index (χ1) is 18.5. The maximum Gasteiger partial charge on any atom is 0.420 e. The summed E-state index contributed by atoms with van der Waals surface area (Å²) in [5, 5.41) is 23.1. The first-order valence-corrected chi connectivity index (χ1v) is 11.0. The summed E-state index contributed by atoms with van der Waals surface area (Å²) in [5.74, 6) is -0.775. The number of hydrogen-bond donors (Lipinski definition) is 5. The molecule has 0 atom stereocenters. The Morgan fingerprint density at radius 3 is 2.31 bits per heavy atom. The number of carboxylic acid groups (broad SMARTS) is 1. The molecule has 2 heterocycles. The number of urea groups is 1. The maximum absolute atomic E-state index is 13.9. The monoisotopic (exact) mass is 543 g/mol. The van der Waals surface area contributed by atoms with Gasteiger partial charge in [-0.25, -0.2) is 14.6 Å². The second-order valence-electron chi connectivity index (χ2n) is 7.90. The molecule has 202 valence electrons.